The molecule has 6 nitrogen and oxygen atoms in total. The molecule has 1 atom stereocenters. The monoisotopic (exact) mass is 1080 g/mol. The number of esters is 3. The molecule has 0 saturated heterocycles. The molecule has 0 N–H and O–H groups in total. The van der Waals surface area contributed by atoms with E-state index < -0.39 is 6.10 Å². The van der Waals surface area contributed by atoms with Gasteiger partial charge in [0.05, 0.1) is 0 Å². The number of allylic oxidation sites excluding steroid dienone is 20. The van der Waals surface area contributed by atoms with Crippen molar-refractivity contribution in [1.82, 2.24) is 0 Å². The highest BCUT2D eigenvalue weighted by molar-refractivity contribution is 5.71. The maximum atomic E-state index is 12.9. The van der Waals surface area contributed by atoms with Gasteiger partial charge in [0.15, 0.2) is 6.10 Å². The topological polar surface area (TPSA) is 78.9 Å². The van der Waals surface area contributed by atoms with Crippen molar-refractivity contribution in [1.29, 1.82) is 0 Å². The number of carbonyl (C=O) groups is 3. The fraction of sp³-hybridized carbons (Fsp3) is 0.681. The van der Waals surface area contributed by atoms with E-state index in [1.807, 2.05) is 0 Å². The lowest BCUT2D eigenvalue weighted by atomic mass is 10.0. The van der Waals surface area contributed by atoms with Crippen LogP contribution in [0.4, 0.5) is 0 Å². The minimum absolute atomic E-state index is 0.0883. The summed E-state index contributed by atoms with van der Waals surface area (Å²) in [5.41, 5.74) is 0. The van der Waals surface area contributed by atoms with Crippen LogP contribution in [0.3, 0.4) is 0 Å². The quantitative estimate of drug-likeness (QED) is 0.0261. The second-order valence-corrected chi connectivity index (χ2v) is 21.3. The smallest absolute Gasteiger partial charge is 0.306 e. The molecule has 0 spiro atoms. The molecule has 0 aromatic heterocycles. The van der Waals surface area contributed by atoms with Gasteiger partial charge in [0, 0.05) is 19.3 Å². The fourth-order valence-electron chi connectivity index (χ4n) is 8.85. The molecule has 0 bridgehead atoms. The van der Waals surface area contributed by atoms with E-state index in [9.17, 15) is 14.4 Å². The molecule has 0 fully saturated rings. The summed E-state index contributed by atoms with van der Waals surface area (Å²) < 4.78 is 16.9. The van der Waals surface area contributed by atoms with Crippen LogP contribution in [0.15, 0.2) is 122 Å². The fourth-order valence-corrected chi connectivity index (χ4v) is 8.85. The highest BCUT2D eigenvalue weighted by Gasteiger charge is 2.19. The van der Waals surface area contributed by atoms with Gasteiger partial charge in [0.1, 0.15) is 13.2 Å². The van der Waals surface area contributed by atoms with Gasteiger partial charge in [-0.2, -0.15) is 0 Å². The number of hydrogen-bond donors (Lipinski definition) is 0. The summed E-state index contributed by atoms with van der Waals surface area (Å²) in [5, 5.41) is 0. The summed E-state index contributed by atoms with van der Waals surface area (Å²) in [7, 11) is 0. The largest absolute Gasteiger partial charge is 0.462 e. The molecule has 0 radical (unpaired) electrons. The number of unbranched alkanes of at least 4 members (excludes halogenated alkanes) is 27. The van der Waals surface area contributed by atoms with E-state index in [1.165, 1.54) is 116 Å². The van der Waals surface area contributed by atoms with Gasteiger partial charge in [-0.05, 0) is 122 Å². The number of hydrogen-bond acceptors (Lipinski definition) is 6. The van der Waals surface area contributed by atoms with Crippen molar-refractivity contribution in [3.8, 4) is 0 Å². The molecular weight excluding hydrogens is 961 g/mol. The summed E-state index contributed by atoms with van der Waals surface area (Å²) >= 11 is 0. The molecule has 1 unspecified atom stereocenters. The third kappa shape index (κ3) is 62.7. The van der Waals surface area contributed by atoms with E-state index >= 15 is 0 Å². The SMILES string of the molecule is CC/C=C\C/C=C\C/C=C\C/C=C\CCCCCCCCCCCCCCC(=O)OCC(COC(=O)CCCCCCC/C=C\C/C=C\CCCC)OC(=O)CCCCCCCCCC/C=C\C/C=C\C/C=C\C/C=C\CC. The van der Waals surface area contributed by atoms with Gasteiger partial charge in [-0.1, -0.05) is 277 Å². The Morgan fingerprint density at radius 3 is 0.782 bits per heavy atom. The van der Waals surface area contributed by atoms with E-state index in [-0.39, 0.29) is 31.1 Å². The highest BCUT2D eigenvalue weighted by Crippen LogP contribution is 2.16. The van der Waals surface area contributed by atoms with Crippen LogP contribution < -0.4 is 0 Å². The summed E-state index contributed by atoms with van der Waals surface area (Å²) in [6.07, 6.45) is 90.6. The van der Waals surface area contributed by atoms with Crippen LogP contribution >= 0.6 is 0 Å². The Morgan fingerprint density at radius 1 is 0.269 bits per heavy atom. The zero-order valence-corrected chi connectivity index (χ0v) is 50.9. The average Bonchev–Trinajstić information content (AvgIpc) is 3.44. The average molecular weight is 1080 g/mol. The molecule has 0 heterocycles. The number of ether oxygens (including phenoxy) is 3. The van der Waals surface area contributed by atoms with Crippen LogP contribution in [-0.4, -0.2) is 37.2 Å². The van der Waals surface area contributed by atoms with Gasteiger partial charge in [-0.25, -0.2) is 0 Å². The minimum Gasteiger partial charge on any atom is -0.462 e. The standard InChI is InChI=1S/C72H120O6/c1-4-7-10-13-16-19-22-25-28-30-32-34-35-36-37-39-40-42-44-47-50-53-56-59-62-65-71(74)77-68-69(67-76-70(73)64-61-58-55-52-49-46-27-24-21-18-15-12-9-6-3)78-72(75)66-63-60-57-54-51-48-45-43-41-38-33-31-29-26-23-20-17-14-11-8-5-2/h7-8,10-11,15-20,24-29,32-34,38,69H,4-6,9,12-14,21-23,30-31,35-37,39-68H2,1-3H3/b10-7-,11-8-,18-15-,19-16-,20-17-,27-24-,28-25-,29-26-,34-32-,38-33-. The van der Waals surface area contributed by atoms with Crippen molar-refractivity contribution in [2.75, 3.05) is 13.2 Å². The molecule has 0 aliphatic heterocycles. The second kappa shape index (κ2) is 65.3. The predicted molar refractivity (Wildman–Crippen MR) is 339 cm³/mol. The molecule has 0 aliphatic carbocycles. The van der Waals surface area contributed by atoms with Crippen LogP contribution in [0.2, 0.25) is 0 Å². The predicted octanol–water partition coefficient (Wildman–Crippen LogP) is 22.4. The van der Waals surface area contributed by atoms with E-state index in [0.29, 0.717) is 19.3 Å². The summed E-state index contributed by atoms with van der Waals surface area (Å²) in [5.74, 6) is -0.906. The van der Waals surface area contributed by atoms with Crippen molar-refractivity contribution in [2.24, 2.45) is 0 Å². The Morgan fingerprint density at radius 2 is 0.500 bits per heavy atom. The van der Waals surface area contributed by atoms with Crippen LogP contribution in [0.5, 0.6) is 0 Å². The normalized spacial score (nSPS) is 12.9. The first-order valence-electron chi connectivity index (χ1n) is 32.5. The molecule has 0 aromatic carbocycles. The van der Waals surface area contributed by atoms with Crippen molar-refractivity contribution in [3.63, 3.8) is 0 Å². The zero-order chi connectivity index (χ0) is 56.4. The first-order chi connectivity index (χ1) is 38.5. The van der Waals surface area contributed by atoms with Gasteiger partial charge in [-0.3, -0.25) is 14.4 Å². The maximum Gasteiger partial charge on any atom is 0.306 e. The van der Waals surface area contributed by atoms with Crippen LogP contribution in [0.25, 0.3) is 0 Å². The van der Waals surface area contributed by atoms with Crippen LogP contribution in [0.1, 0.15) is 297 Å². The Balaban J connectivity index is 4.36. The van der Waals surface area contributed by atoms with Gasteiger partial charge < -0.3 is 14.2 Å². The Kier molecular flexibility index (Phi) is 61.8. The lowest BCUT2D eigenvalue weighted by Gasteiger charge is -2.18. The van der Waals surface area contributed by atoms with Gasteiger partial charge in [0.25, 0.3) is 0 Å². The lowest BCUT2D eigenvalue weighted by Crippen LogP contribution is -2.30. The van der Waals surface area contributed by atoms with Crippen molar-refractivity contribution in [3.05, 3.63) is 122 Å². The first-order valence-corrected chi connectivity index (χ1v) is 32.5. The first kappa shape index (κ1) is 73.8. The molecule has 0 aromatic rings. The molecule has 0 rings (SSSR count). The molecule has 6 heteroatoms. The Hall–Kier alpha value is -4.19. The summed E-state index contributed by atoms with van der Waals surface area (Å²) in [6, 6.07) is 0. The summed E-state index contributed by atoms with van der Waals surface area (Å²) in [6.45, 7) is 6.37. The number of carbonyl (C=O) groups excluding carboxylic acids is 3. The maximum absolute atomic E-state index is 12.9. The lowest BCUT2D eigenvalue weighted by molar-refractivity contribution is -0.167. The molecule has 0 amide bonds. The van der Waals surface area contributed by atoms with Crippen molar-refractivity contribution in [2.45, 2.75) is 303 Å². The molecular formula is C72H120O6. The Bertz CT molecular complexity index is 1620. The second-order valence-electron chi connectivity index (χ2n) is 21.3. The van der Waals surface area contributed by atoms with Crippen molar-refractivity contribution < 1.29 is 28.6 Å². The van der Waals surface area contributed by atoms with E-state index in [2.05, 4.69) is 142 Å². The van der Waals surface area contributed by atoms with E-state index in [0.717, 1.165) is 141 Å². The molecule has 444 valence electrons. The molecule has 78 heavy (non-hydrogen) atoms. The minimum atomic E-state index is -0.793. The van der Waals surface area contributed by atoms with E-state index in [4.69, 9.17) is 14.2 Å². The van der Waals surface area contributed by atoms with Crippen LogP contribution in [0, 0.1) is 0 Å². The zero-order valence-electron chi connectivity index (χ0n) is 50.9. The molecule has 0 saturated carbocycles. The number of rotatable bonds is 58. The van der Waals surface area contributed by atoms with Crippen LogP contribution in [-0.2, 0) is 28.6 Å². The highest BCUT2D eigenvalue weighted by atomic mass is 16.6. The third-order valence-electron chi connectivity index (χ3n) is 13.7. The third-order valence-corrected chi connectivity index (χ3v) is 13.7. The van der Waals surface area contributed by atoms with Gasteiger partial charge >= 0.3 is 17.9 Å². The Labute approximate surface area is 482 Å². The summed E-state index contributed by atoms with van der Waals surface area (Å²) in [4.78, 5) is 38.4. The molecule has 0 aliphatic rings. The van der Waals surface area contributed by atoms with Gasteiger partial charge in [0.2, 0.25) is 0 Å². The van der Waals surface area contributed by atoms with E-state index in [1.54, 1.807) is 0 Å². The van der Waals surface area contributed by atoms with Crippen molar-refractivity contribution >= 4 is 17.9 Å². The van der Waals surface area contributed by atoms with Gasteiger partial charge in [-0.15, -0.1) is 0 Å².